The van der Waals surface area contributed by atoms with Crippen LogP contribution in [0.2, 0.25) is 0 Å². The molecule has 2 fully saturated rings. The third-order valence-electron chi connectivity index (χ3n) is 3.33. The van der Waals surface area contributed by atoms with Gasteiger partial charge in [0.15, 0.2) is 0 Å². The van der Waals surface area contributed by atoms with Crippen molar-refractivity contribution < 1.29 is 14.7 Å². The summed E-state index contributed by atoms with van der Waals surface area (Å²) in [6.45, 7) is 2.45. The minimum atomic E-state index is -0.918. The molecule has 0 spiro atoms. The van der Waals surface area contributed by atoms with Crippen molar-refractivity contribution in [2.45, 2.75) is 50.7 Å². The van der Waals surface area contributed by atoms with E-state index in [1.165, 1.54) is 0 Å². The summed E-state index contributed by atoms with van der Waals surface area (Å²) >= 11 is 0. The summed E-state index contributed by atoms with van der Waals surface area (Å²) in [5.74, 6) is -0.951. The highest BCUT2D eigenvalue weighted by molar-refractivity contribution is 5.87. The summed E-state index contributed by atoms with van der Waals surface area (Å²) in [7, 11) is 0. The quantitative estimate of drug-likeness (QED) is 0.718. The van der Waals surface area contributed by atoms with Gasteiger partial charge in [0.25, 0.3) is 0 Å². The Bertz CT molecular complexity index is 296. The Kier molecular flexibility index (Phi) is 3.14. The smallest absolute Gasteiger partial charge is 0.326 e. The van der Waals surface area contributed by atoms with Gasteiger partial charge >= 0.3 is 5.97 Å². The van der Waals surface area contributed by atoms with E-state index in [2.05, 4.69) is 5.32 Å². The van der Waals surface area contributed by atoms with Crippen LogP contribution in [0.15, 0.2) is 0 Å². The molecule has 0 aromatic carbocycles. The van der Waals surface area contributed by atoms with Crippen LogP contribution in [0.1, 0.15) is 32.6 Å². The molecule has 0 aromatic rings. The van der Waals surface area contributed by atoms with Gasteiger partial charge in [0, 0.05) is 6.04 Å². The Hall–Kier alpha value is -1.10. The van der Waals surface area contributed by atoms with Gasteiger partial charge < -0.3 is 15.3 Å². The first-order valence-electron chi connectivity index (χ1n) is 5.89. The lowest BCUT2D eigenvalue weighted by Crippen LogP contribution is -2.51. The minimum Gasteiger partial charge on any atom is -0.480 e. The summed E-state index contributed by atoms with van der Waals surface area (Å²) in [6, 6.07) is -0.717. The normalized spacial score (nSPS) is 26.4. The van der Waals surface area contributed by atoms with Crippen molar-refractivity contribution in [2.24, 2.45) is 0 Å². The van der Waals surface area contributed by atoms with Gasteiger partial charge in [0.1, 0.15) is 6.04 Å². The zero-order valence-electron chi connectivity index (χ0n) is 9.48. The van der Waals surface area contributed by atoms with Gasteiger partial charge in [-0.25, -0.2) is 4.79 Å². The summed E-state index contributed by atoms with van der Waals surface area (Å²) < 4.78 is 0. The predicted molar refractivity (Wildman–Crippen MR) is 58.0 cm³/mol. The number of hydrogen-bond donors (Lipinski definition) is 2. The molecule has 16 heavy (non-hydrogen) atoms. The summed E-state index contributed by atoms with van der Waals surface area (Å²) in [4.78, 5) is 24.7. The van der Waals surface area contributed by atoms with Crippen molar-refractivity contribution in [1.82, 2.24) is 10.2 Å². The first-order valence-corrected chi connectivity index (χ1v) is 5.89. The number of carbonyl (C=O) groups excluding carboxylic acids is 1. The number of aliphatic carboxylic acids is 1. The van der Waals surface area contributed by atoms with E-state index in [1.54, 1.807) is 11.8 Å². The van der Waals surface area contributed by atoms with E-state index < -0.39 is 12.0 Å². The number of carboxylic acid groups (broad SMARTS) is 1. The van der Waals surface area contributed by atoms with Crippen LogP contribution in [0.3, 0.4) is 0 Å². The first kappa shape index (κ1) is 11.4. The molecule has 1 saturated carbocycles. The van der Waals surface area contributed by atoms with E-state index in [9.17, 15) is 9.59 Å². The fourth-order valence-electron chi connectivity index (χ4n) is 2.23. The van der Waals surface area contributed by atoms with E-state index in [-0.39, 0.29) is 18.0 Å². The number of hydrogen-bond acceptors (Lipinski definition) is 3. The van der Waals surface area contributed by atoms with E-state index in [0.29, 0.717) is 0 Å². The van der Waals surface area contributed by atoms with Crippen LogP contribution >= 0.6 is 0 Å². The second kappa shape index (κ2) is 4.41. The number of carboxylic acids is 1. The molecule has 5 heteroatoms. The van der Waals surface area contributed by atoms with Crippen molar-refractivity contribution in [3.63, 3.8) is 0 Å². The number of nitrogens with one attached hydrogen (secondary N) is 1. The molecule has 2 N–H and O–H groups in total. The Morgan fingerprint density at radius 1 is 1.38 bits per heavy atom. The van der Waals surface area contributed by atoms with Gasteiger partial charge in [-0.15, -0.1) is 0 Å². The monoisotopic (exact) mass is 226 g/mol. The molecule has 2 atom stereocenters. The molecule has 90 valence electrons. The second-order valence-electron chi connectivity index (χ2n) is 4.64. The van der Waals surface area contributed by atoms with Gasteiger partial charge in [0.2, 0.25) is 5.91 Å². The lowest BCUT2D eigenvalue weighted by atomic mass is 10.1. The Morgan fingerprint density at radius 2 is 2.06 bits per heavy atom. The molecule has 1 saturated heterocycles. The zero-order valence-corrected chi connectivity index (χ0v) is 9.48. The SMILES string of the molecule is C[C@H](C(=O)O)N(C(=O)C1CCCN1)C1CC1. The number of rotatable bonds is 4. The maximum atomic E-state index is 12.2. The molecule has 1 amide bonds. The van der Waals surface area contributed by atoms with Crippen LogP contribution in [0.4, 0.5) is 0 Å². The van der Waals surface area contributed by atoms with E-state index >= 15 is 0 Å². The Balaban J connectivity index is 2.06. The van der Waals surface area contributed by atoms with Gasteiger partial charge in [-0.2, -0.15) is 0 Å². The molecule has 0 bridgehead atoms. The molecule has 0 radical (unpaired) electrons. The fourth-order valence-corrected chi connectivity index (χ4v) is 2.23. The van der Waals surface area contributed by atoms with Gasteiger partial charge in [-0.3, -0.25) is 4.79 Å². The molecule has 1 aliphatic carbocycles. The molecule has 0 aromatic heterocycles. The first-order chi connectivity index (χ1) is 7.61. The Morgan fingerprint density at radius 3 is 2.50 bits per heavy atom. The van der Waals surface area contributed by atoms with Crippen LogP contribution in [0.5, 0.6) is 0 Å². The minimum absolute atomic E-state index is 0.0325. The van der Waals surface area contributed by atoms with Crippen molar-refractivity contribution in [3.05, 3.63) is 0 Å². The molecule has 1 heterocycles. The van der Waals surface area contributed by atoms with E-state index in [4.69, 9.17) is 5.11 Å². The molecule has 1 unspecified atom stereocenters. The molecule has 2 rings (SSSR count). The standard InChI is InChI=1S/C11H18N2O3/c1-7(11(15)16)13(8-4-5-8)10(14)9-3-2-6-12-9/h7-9,12H,2-6H2,1H3,(H,15,16)/t7-,9?/m1/s1. The van der Waals surface area contributed by atoms with Crippen molar-refractivity contribution >= 4 is 11.9 Å². The molecule has 5 nitrogen and oxygen atoms in total. The summed E-state index contributed by atoms with van der Waals surface area (Å²) in [5.41, 5.74) is 0. The van der Waals surface area contributed by atoms with Crippen molar-refractivity contribution in [2.75, 3.05) is 6.54 Å². The van der Waals surface area contributed by atoms with Crippen molar-refractivity contribution in [1.29, 1.82) is 0 Å². The third-order valence-corrected chi connectivity index (χ3v) is 3.33. The van der Waals surface area contributed by atoms with Crippen LogP contribution in [0.25, 0.3) is 0 Å². The van der Waals surface area contributed by atoms with Gasteiger partial charge in [-0.1, -0.05) is 0 Å². The maximum Gasteiger partial charge on any atom is 0.326 e. The van der Waals surface area contributed by atoms with Gasteiger partial charge in [-0.05, 0) is 39.2 Å². The largest absolute Gasteiger partial charge is 0.480 e. The summed E-state index contributed by atoms with van der Waals surface area (Å²) in [5, 5.41) is 12.1. The molecule has 2 aliphatic rings. The van der Waals surface area contributed by atoms with Crippen LogP contribution in [-0.2, 0) is 9.59 Å². The number of carbonyl (C=O) groups is 2. The zero-order chi connectivity index (χ0) is 11.7. The van der Waals surface area contributed by atoms with Crippen LogP contribution in [0, 0.1) is 0 Å². The third kappa shape index (κ3) is 2.19. The average molecular weight is 226 g/mol. The lowest BCUT2D eigenvalue weighted by molar-refractivity contribution is -0.150. The van der Waals surface area contributed by atoms with E-state index in [0.717, 1.165) is 32.2 Å². The number of nitrogens with zero attached hydrogens (tertiary/aromatic N) is 1. The highest BCUT2D eigenvalue weighted by atomic mass is 16.4. The number of amides is 1. The molecular weight excluding hydrogens is 208 g/mol. The van der Waals surface area contributed by atoms with E-state index in [1.807, 2.05) is 0 Å². The molecule has 1 aliphatic heterocycles. The lowest BCUT2D eigenvalue weighted by Gasteiger charge is -2.29. The van der Waals surface area contributed by atoms with Crippen LogP contribution in [-0.4, -0.2) is 46.6 Å². The maximum absolute atomic E-state index is 12.2. The second-order valence-corrected chi connectivity index (χ2v) is 4.64. The highest BCUT2D eigenvalue weighted by Gasteiger charge is 2.41. The van der Waals surface area contributed by atoms with Gasteiger partial charge in [0.05, 0.1) is 6.04 Å². The average Bonchev–Trinajstić information content (AvgIpc) is 2.93. The fraction of sp³-hybridized carbons (Fsp3) is 0.818. The van der Waals surface area contributed by atoms with Crippen LogP contribution < -0.4 is 5.32 Å². The highest BCUT2D eigenvalue weighted by Crippen LogP contribution is 2.30. The topological polar surface area (TPSA) is 69.6 Å². The molecular formula is C11H18N2O3. The summed E-state index contributed by atoms with van der Waals surface area (Å²) in [6.07, 6.45) is 3.71. The predicted octanol–water partition coefficient (Wildman–Crippen LogP) is 0.203. The van der Waals surface area contributed by atoms with Crippen molar-refractivity contribution in [3.8, 4) is 0 Å². The Labute approximate surface area is 94.8 Å².